The number of anilines is 1. The molecule has 1 fully saturated rings. The average Bonchev–Trinajstić information content (AvgIpc) is 2.73. The third kappa shape index (κ3) is 8.02. The summed E-state index contributed by atoms with van der Waals surface area (Å²) in [4.78, 5) is 28.3. The summed E-state index contributed by atoms with van der Waals surface area (Å²) in [6.45, 7) is 4.46. The number of sulfonamides is 1. The van der Waals surface area contributed by atoms with Crippen LogP contribution >= 0.6 is 0 Å². The summed E-state index contributed by atoms with van der Waals surface area (Å²) in [5.41, 5.74) is 1.92. The van der Waals surface area contributed by atoms with Crippen molar-refractivity contribution in [3.63, 3.8) is 0 Å². The van der Waals surface area contributed by atoms with Gasteiger partial charge in [0.05, 0.1) is 18.8 Å². The second-order valence-electron chi connectivity index (χ2n) is 7.20. The lowest BCUT2D eigenvalue weighted by atomic mass is 10.1. The standard InChI is InChI=1S/C20H32N4O5S/c1-3-17-7-4-5-8-18(17)22-19(25)16-23-9-11-24(12-10-23)20(26)15-21-30(27,28)14-6-13-29-2/h4-5,7-8,21H,3,6,9-16H2,1-2H3,(H,22,25). The van der Waals surface area contributed by atoms with Gasteiger partial charge in [-0.25, -0.2) is 13.1 Å². The third-order valence-corrected chi connectivity index (χ3v) is 6.38. The van der Waals surface area contributed by atoms with E-state index >= 15 is 0 Å². The number of piperazine rings is 1. The van der Waals surface area contributed by atoms with Gasteiger partial charge in [-0.15, -0.1) is 0 Å². The zero-order valence-electron chi connectivity index (χ0n) is 17.7. The number of nitrogens with zero attached hydrogens (tertiary/aromatic N) is 2. The molecule has 10 heteroatoms. The smallest absolute Gasteiger partial charge is 0.238 e. The molecule has 2 amide bonds. The average molecular weight is 441 g/mol. The van der Waals surface area contributed by atoms with Crippen LogP contribution in [0.5, 0.6) is 0 Å². The highest BCUT2D eigenvalue weighted by Crippen LogP contribution is 2.15. The van der Waals surface area contributed by atoms with Crippen LogP contribution in [0.1, 0.15) is 18.9 Å². The molecule has 1 saturated heterocycles. The van der Waals surface area contributed by atoms with Crippen LogP contribution in [0, 0.1) is 0 Å². The van der Waals surface area contributed by atoms with E-state index in [4.69, 9.17) is 4.74 Å². The van der Waals surface area contributed by atoms with Crippen molar-refractivity contribution in [1.82, 2.24) is 14.5 Å². The Bertz CT molecular complexity index is 807. The van der Waals surface area contributed by atoms with Crippen LogP contribution in [0.3, 0.4) is 0 Å². The molecule has 0 aliphatic carbocycles. The summed E-state index contributed by atoms with van der Waals surface area (Å²) in [6, 6.07) is 7.73. The molecule has 168 valence electrons. The highest BCUT2D eigenvalue weighted by molar-refractivity contribution is 7.89. The number of rotatable bonds is 11. The molecule has 1 aliphatic rings. The van der Waals surface area contributed by atoms with Crippen molar-refractivity contribution in [3.05, 3.63) is 29.8 Å². The number of nitrogens with one attached hydrogen (secondary N) is 2. The van der Waals surface area contributed by atoms with Crippen molar-refractivity contribution in [3.8, 4) is 0 Å². The minimum absolute atomic E-state index is 0.0713. The Kier molecular flexibility index (Phi) is 9.70. The van der Waals surface area contributed by atoms with Gasteiger partial charge in [-0.1, -0.05) is 25.1 Å². The maximum Gasteiger partial charge on any atom is 0.238 e. The first-order valence-corrected chi connectivity index (χ1v) is 11.8. The molecule has 0 spiro atoms. The Morgan fingerprint density at radius 3 is 2.50 bits per heavy atom. The molecule has 1 aliphatic heterocycles. The summed E-state index contributed by atoms with van der Waals surface area (Å²) in [5.74, 6) is -0.413. The van der Waals surface area contributed by atoms with Gasteiger partial charge in [0.15, 0.2) is 0 Å². The summed E-state index contributed by atoms with van der Waals surface area (Å²) < 4.78 is 30.9. The normalized spacial score (nSPS) is 15.2. The summed E-state index contributed by atoms with van der Waals surface area (Å²) in [5, 5.41) is 2.95. The summed E-state index contributed by atoms with van der Waals surface area (Å²) in [7, 11) is -1.98. The topological polar surface area (TPSA) is 108 Å². The van der Waals surface area contributed by atoms with Gasteiger partial charge in [-0.3, -0.25) is 14.5 Å². The number of ether oxygens (including phenoxy) is 1. The molecule has 0 radical (unpaired) electrons. The number of carbonyl (C=O) groups excluding carboxylic acids is 2. The Labute approximate surface area is 178 Å². The molecular weight excluding hydrogens is 408 g/mol. The van der Waals surface area contributed by atoms with Crippen molar-refractivity contribution in [2.75, 3.05) is 64.1 Å². The zero-order valence-corrected chi connectivity index (χ0v) is 18.5. The van der Waals surface area contributed by atoms with E-state index in [0.29, 0.717) is 39.2 Å². The second-order valence-corrected chi connectivity index (χ2v) is 9.13. The molecule has 1 heterocycles. The number of aryl methyl sites for hydroxylation is 1. The van der Waals surface area contributed by atoms with Crippen LogP contribution in [0.4, 0.5) is 5.69 Å². The van der Waals surface area contributed by atoms with Gasteiger partial charge in [0.2, 0.25) is 21.8 Å². The molecule has 0 saturated carbocycles. The van der Waals surface area contributed by atoms with E-state index in [1.165, 1.54) is 7.11 Å². The van der Waals surface area contributed by atoms with Crippen molar-refractivity contribution in [1.29, 1.82) is 0 Å². The molecule has 0 aromatic heterocycles. The molecule has 30 heavy (non-hydrogen) atoms. The molecular formula is C20H32N4O5S. The molecule has 2 N–H and O–H groups in total. The van der Waals surface area contributed by atoms with Gasteiger partial charge in [0, 0.05) is 45.6 Å². The molecule has 9 nitrogen and oxygen atoms in total. The van der Waals surface area contributed by atoms with Crippen LogP contribution < -0.4 is 10.0 Å². The van der Waals surface area contributed by atoms with Crippen molar-refractivity contribution in [2.24, 2.45) is 0 Å². The van der Waals surface area contributed by atoms with Crippen LogP contribution in [0.2, 0.25) is 0 Å². The van der Waals surface area contributed by atoms with Crippen LogP contribution in [0.15, 0.2) is 24.3 Å². The Morgan fingerprint density at radius 1 is 1.13 bits per heavy atom. The highest BCUT2D eigenvalue weighted by Gasteiger charge is 2.23. The van der Waals surface area contributed by atoms with E-state index in [2.05, 4.69) is 10.0 Å². The Balaban J connectivity index is 1.72. The number of benzene rings is 1. The SMILES string of the molecule is CCc1ccccc1NC(=O)CN1CCN(C(=O)CNS(=O)(=O)CCCOC)CC1. The van der Waals surface area contributed by atoms with Gasteiger partial charge >= 0.3 is 0 Å². The van der Waals surface area contributed by atoms with E-state index in [9.17, 15) is 18.0 Å². The van der Waals surface area contributed by atoms with Gasteiger partial charge in [0.25, 0.3) is 0 Å². The van der Waals surface area contributed by atoms with Gasteiger partial charge in [-0.05, 0) is 24.5 Å². The molecule has 1 aromatic rings. The van der Waals surface area contributed by atoms with Crippen LogP contribution in [-0.4, -0.2) is 88.8 Å². The monoisotopic (exact) mass is 440 g/mol. The first kappa shape index (κ1) is 24.3. The largest absolute Gasteiger partial charge is 0.385 e. The first-order valence-electron chi connectivity index (χ1n) is 10.2. The van der Waals surface area contributed by atoms with Crippen LogP contribution in [-0.2, 0) is 30.8 Å². The van der Waals surface area contributed by atoms with E-state index in [0.717, 1.165) is 17.7 Å². The minimum atomic E-state index is -3.49. The lowest BCUT2D eigenvalue weighted by Crippen LogP contribution is -2.52. The zero-order chi connectivity index (χ0) is 22.0. The summed E-state index contributed by atoms with van der Waals surface area (Å²) >= 11 is 0. The van der Waals surface area contributed by atoms with Crippen molar-refractivity contribution >= 4 is 27.5 Å². The minimum Gasteiger partial charge on any atom is -0.385 e. The number of para-hydroxylation sites is 1. The molecule has 0 atom stereocenters. The van der Waals surface area contributed by atoms with E-state index in [1.54, 1.807) is 4.90 Å². The van der Waals surface area contributed by atoms with Gasteiger partial charge in [-0.2, -0.15) is 0 Å². The quantitative estimate of drug-likeness (QED) is 0.479. The highest BCUT2D eigenvalue weighted by atomic mass is 32.2. The number of carbonyl (C=O) groups is 2. The number of hydrogen-bond acceptors (Lipinski definition) is 6. The van der Waals surface area contributed by atoms with Crippen molar-refractivity contribution < 1.29 is 22.7 Å². The Morgan fingerprint density at radius 2 is 1.83 bits per heavy atom. The van der Waals surface area contributed by atoms with E-state index in [1.807, 2.05) is 36.1 Å². The number of amides is 2. The van der Waals surface area contributed by atoms with Crippen molar-refractivity contribution in [2.45, 2.75) is 19.8 Å². The predicted octanol–water partition coefficient (Wildman–Crippen LogP) is 0.288. The molecule has 1 aromatic carbocycles. The second kappa shape index (κ2) is 12.0. The molecule has 2 rings (SSSR count). The number of hydrogen-bond donors (Lipinski definition) is 2. The Hall–Kier alpha value is -2.01. The lowest BCUT2D eigenvalue weighted by molar-refractivity contribution is -0.131. The van der Waals surface area contributed by atoms with E-state index in [-0.39, 0.29) is 30.7 Å². The lowest BCUT2D eigenvalue weighted by Gasteiger charge is -2.34. The maximum atomic E-state index is 12.4. The van der Waals surface area contributed by atoms with Crippen LogP contribution in [0.25, 0.3) is 0 Å². The van der Waals surface area contributed by atoms with Gasteiger partial charge in [0.1, 0.15) is 0 Å². The summed E-state index contributed by atoms with van der Waals surface area (Å²) in [6.07, 6.45) is 1.22. The predicted molar refractivity (Wildman–Crippen MR) is 116 cm³/mol. The fraction of sp³-hybridized carbons (Fsp3) is 0.600. The first-order chi connectivity index (χ1) is 14.3. The van der Waals surface area contributed by atoms with Gasteiger partial charge < -0.3 is 15.0 Å². The third-order valence-electron chi connectivity index (χ3n) is 4.97. The number of methoxy groups -OCH3 is 1. The fourth-order valence-corrected chi connectivity index (χ4v) is 4.23. The maximum absolute atomic E-state index is 12.4. The molecule has 0 bridgehead atoms. The molecule has 0 unspecified atom stereocenters. The fourth-order valence-electron chi connectivity index (χ4n) is 3.25. The van der Waals surface area contributed by atoms with E-state index < -0.39 is 10.0 Å².